The first-order valence-corrected chi connectivity index (χ1v) is 20.3. The zero-order chi connectivity index (χ0) is 39.8. The van der Waals surface area contributed by atoms with E-state index in [4.69, 9.17) is 14.5 Å². The molecule has 0 spiro atoms. The Labute approximate surface area is 326 Å². The topological polar surface area (TPSA) is 130 Å². The number of esters is 1. The zero-order valence-electron chi connectivity index (χ0n) is 33.4. The van der Waals surface area contributed by atoms with Crippen molar-refractivity contribution in [3.05, 3.63) is 77.3 Å². The average molecular weight is 766 g/mol. The highest BCUT2D eigenvalue weighted by Gasteiger charge is 2.37. The van der Waals surface area contributed by atoms with Crippen LogP contribution in [0.5, 0.6) is 0 Å². The number of benzene rings is 1. The third kappa shape index (κ3) is 13.2. The summed E-state index contributed by atoms with van der Waals surface area (Å²) in [6.45, 7) is 18.6. The fraction of sp³-hybridized carbons (Fsp3) is 0.595. The van der Waals surface area contributed by atoms with Crippen LogP contribution in [0.2, 0.25) is 0 Å². The fourth-order valence-corrected chi connectivity index (χ4v) is 7.80. The van der Waals surface area contributed by atoms with E-state index in [1.165, 1.54) is 17.4 Å². The summed E-state index contributed by atoms with van der Waals surface area (Å²) >= 11 is 1.33. The molecule has 11 nitrogen and oxygen atoms in total. The minimum Gasteiger partial charge on any atom is -0.461 e. The summed E-state index contributed by atoms with van der Waals surface area (Å²) in [4.78, 5) is 62.6. The zero-order valence-corrected chi connectivity index (χ0v) is 34.2. The van der Waals surface area contributed by atoms with Gasteiger partial charge in [0.2, 0.25) is 11.8 Å². The smallest absolute Gasteiger partial charge is 0.309 e. The average Bonchev–Trinajstić information content (AvgIpc) is 3.66. The number of carbonyl (C=O) groups excluding carboxylic acids is 4. The number of ether oxygens (including phenoxy) is 2. The first-order chi connectivity index (χ1) is 25.8. The van der Waals surface area contributed by atoms with Gasteiger partial charge in [-0.1, -0.05) is 96.5 Å². The van der Waals surface area contributed by atoms with Crippen LogP contribution in [0.3, 0.4) is 0 Å². The number of likely N-dealkylation sites (N-methyl/N-ethyl adjacent to an activating group) is 2. The molecule has 0 aliphatic carbocycles. The molecule has 54 heavy (non-hydrogen) atoms. The molecular formula is C42H63N5O6S. The van der Waals surface area contributed by atoms with Gasteiger partial charge in [-0.05, 0) is 56.7 Å². The van der Waals surface area contributed by atoms with Crippen molar-refractivity contribution in [2.45, 2.75) is 110 Å². The SMILES string of the molecule is C=CCOC(=O)[C@@H](C)C[C@H](Cc1ccccc1)NC(=O)c1csc([C@@H](C[C@H](C(C)C)N(C)C(=O)[C@@H](NC(=O)[C@H]2CCCCN2C)[C@@H](C)CC)OCC=C)n1. The summed E-state index contributed by atoms with van der Waals surface area (Å²) in [7, 11) is 3.77. The van der Waals surface area contributed by atoms with E-state index in [0.29, 0.717) is 24.3 Å². The van der Waals surface area contributed by atoms with Crippen LogP contribution in [0, 0.1) is 17.8 Å². The Morgan fingerprint density at radius 2 is 1.74 bits per heavy atom. The highest BCUT2D eigenvalue weighted by atomic mass is 32.1. The molecular weight excluding hydrogens is 703 g/mol. The molecule has 0 saturated carbocycles. The van der Waals surface area contributed by atoms with Crippen molar-refractivity contribution in [1.82, 2.24) is 25.4 Å². The highest BCUT2D eigenvalue weighted by molar-refractivity contribution is 7.09. The molecule has 1 fully saturated rings. The molecule has 1 aromatic carbocycles. The molecule has 3 rings (SSSR count). The number of nitrogens with one attached hydrogen (secondary N) is 2. The normalized spacial score (nSPS) is 18.0. The number of rotatable bonds is 22. The second-order valence-electron chi connectivity index (χ2n) is 15.0. The van der Waals surface area contributed by atoms with E-state index in [0.717, 1.165) is 37.8 Å². The Balaban J connectivity index is 1.80. The second kappa shape index (κ2) is 22.5. The summed E-state index contributed by atoms with van der Waals surface area (Å²) in [5.74, 6) is -1.40. The van der Waals surface area contributed by atoms with Gasteiger partial charge in [0.1, 0.15) is 29.5 Å². The van der Waals surface area contributed by atoms with E-state index in [1.54, 1.807) is 30.3 Å². The number of thiazole rings is 1. The summed E-state index contributed by atoms with van der Waals surface area (Å²) in [6.07, 6.45) is 7.57. The van der Waals surface area contributed by atoms with Crippen molar-refractivity contribution in [2.75, 3.05) is 33.9 Å². The van der Waals surface area contributed by atoms with Crippen molar-refractivity contribution in [2.24, 2.45) is 17.8 Å². The Kier molecular flexibility index (Phi) is 18.5. The number of amides is 3. The first kappa shape index (κ1) is 44.5. The van der Waals surface area contributed by atoms with Gasteiger partial charge < -0.3 is 25.0 Å². The number of likely N-dealkylation sites (tertiary alicyclic amines) is 1. The minimum atomic E-state index is -0.665. The van der Waals surface area contributed by atoms with Crippen molar-refractivity contribution >= 4 is 35.0 Å². The lowest BCUT2D eigenvalue weighted by Crippen LogP contribution is -2.58. The van der Waals surface area contributed by atoms with Gasteiger partial charge >= 0.3 is 5.97 Å². The number of hydrogen-bond acceptors (Lipinski definition) is 9. The molecule has 7 atom stereocenters. The van der Waals surface area contributed by atoms with E-state index in [-0.39, 0.29) is 72.6 Å². The molecule has 1 aliphatic rings. The van der Waals surface area contributed by atoms with Crippen LogP contribution in [-0.4, -0.2) is 96.5 Å². The molecule has 12 heteroatoms. The molecule has 1 saturated heterocycles. The standard InChI is InChI=1S/C42H63N5O6S/c1-10-22-52-36(26-35(28(4)5)47(9)41(50)37(29(6)12-3)45-39(49)34-20-16-17-21-46(34)8)40-44-33(27-54-40)38(48)43-32(25-31-18-14-13-15-19-31)24-30(7)42(51)53-23-11-2/h10-11,13-15,18-19,27-30,32,34-37H,1-2,12,16-17,20-26H2,3-9H3,(H,43,48)(H,45,49)/t29-,30-,32+,34+,35+,36+,37-/m0/s1. The van der Waals surface area contributed by atoms with Gasteiger partial charge in [-0.25, -0.2) is 4.98 Å². The summed E-state index contributed by atoms with van der Waals surface area (Å²) in [6, 6.07) is 8.28. The summed E-state index contributed by atoms with van der Waals surface area (Å²) < 4.78 is 11.5. The Morgan fingerprint density at radius 3 is 2.37 bits per heavy atom. The van der Waals surface area contributed by atoms with Crippen LogP contribution >= 0.6 is 11.3 Å². The fourth-order valence-electron chi connectivity index (χ4n) is 6.94. The lowest BCUT2D eigenvalue weighted by molar-refractivity contribution is -0.147. The maximum atomic E-state index is 14.3. The van der Waals surface area contributed by atoms with Crippen molar-refractivity contribution in [3.63, 3.8) is 0 Å². The molecule has 3 amide bonds. The number of piperidine rings is 1. The van der Waals surface area contributed by atoms with Gasteiger partial charge in [0.25, 0.3) is 5.91 Å². The van der Waals surface area contributed by atoms with Crippen molar-refractivity contribution in [3.8, 4) is 0 Å². The van der Waals surface area contributed by atoms with Gasteiger partial charge in [-0.15, -0.1) is 17.9 Å². The molecule has 1 aliphatic heterocycles. The molecule has 2 heterocycles. The van der Waals surface area contributed by atoms with E-state index in [1.807, 2.05) is 51.2 Å². The lowest BCUT2D eigenvalue weighted by atomic mass is 9.92. The highest BCUT2D eigenvalue weighted by Crippen LogP contribution is 2.31. The van der Waals surface area contributed by atoms with Gasteiger partial charge in [-0.2, -0.15) is 0 Å². The molecule has 2 N–H and O–H groups in total. The van der Waals surface area contributed by atoms with E-state index >= 15 is 0 Å². The monoisotopic (exact) mass is 765 g/mol. The lowest BCUT2D eigenvalue weighted by Gasteiger charge is -2.38. The maximum absolute atomic E-state index is 14.3. The first-order valence-electron chi connectivity index (χ1n) is 19.4. The van der Waals surface area contributed by atoms with Crippen molar-refractivity contribution < 1.29 is 28.7 Å². The summed E-state index contributed by atoms with van der Waals surface area (Å²) in [5, 5.41) is 8.57. The number of carbonyl (C=O) groups is 4. The third-order valence-corrected chi connectivity index (χ3v) is 11.3. The second-order valence-corrected chi connectivity index (χ2v) is 15.8. The molecule has 0 bridgehead atoms. The Bertz CT molecular complexity index is 1520. The Hall–Kier alpha value is -3.87. The summed E-state index contributed by atoms with van der Waals surface area (Å²) in [5.41, 5.74) is 1.28. The van der Waals surface area contributed by atoms with E-state index in [2.05, 4.69) is 42.5 Å². The number of hydrogen-bond donors (Lipinski definition) is 2. The Morgan fingerprint density at radius 1 is 1.04 bits per heavy atom. The molecule has 0 unspecified atom stereocenters. The van der Waals surface area contributed by atoms with E-state index in [9.17, 15) is 19.2 Å². The minimum absolute atomic E-state index is 0.0492. The van der Waals surface area contributed by atoms with Gasteiger partial charge in [0.05, 0.1) is 18.6 Å². The van der Waals surface area contributed by atoms with Crippen LogP contribution in [0.15, 0.2) is 61.0 Å². The molecule has 0 radical (unpaired) electrons. The van der Waals surface area contributed by atoms with Gasteiger partial charge in [-0.3, -0.25) is 24.1 Å². The molecule has 298 valence electrons. The predicted octanol–water partition coefficient (Wildman–Crippen LogP) is 6.37. The third-order valence-electron chi connectivity index (χ3n) is 10.4. The van der Waals surface area contributed by atoms with Crippen LogP contribution in [0.1, 0.15) is 100 Å². The largest absolute Gasteiger partial charge is 0.461 e. The van der Waals surface area contributed by atoms with E-state index < -0.39 is 18.1 Å². The van der Waals surface area contributed by atoms with Crippen LogP contribution in [-0.2, 0) is 30.3 Å². The molecule has 2 aromatic rings. The number of aromatic nitrogens is 1. The van der Waals surface area contributed by atoms with Gasteiger partial charge in [0, 0.05) is 30.9 Å². The predicted molar refractivity (Wildman–Crippen MR) is 215 cm³/mol. The molecule has 1 aromatic heterocycles. The number of nitrogens with zero attached hydrogens (tertiary/aromatic N) is 3. The van der Waals surface area contributed by atoms with Crippen molar-refractivity contribution in [1.29, 1.82) is 0 Å². The van der Waals surface area contributed by atoms with Crippen LogP contribution < -0.4 is 10.6 Å². The van der Waals surface area contributed by atoms with Gasteiger partial charge in [0.15, 0.2) is 0 Å². The van der Waals surface area contributed by atoms with Crippen LogP contribution in [0.4, 0.5) is 0 Å². The quantitative estimate of drug-likeness (QED) is 0.105. The van der Waals surface area contributed by atoms with Crippen LogP contribution in [0.25, 0.3) is 0 Å². The maximum Gasteiger partial charge on any atom is 0.309 e.